The zero-order valence-corrected chi connectivity index (χ0v) is 41.7. The molecule has 5 amide bonds. The van der Waals surface area contributed by atoms with Gasteiger partial charge < -0.3 is 55.0 Å². The van der Waals surface area contributed by atoms with E-state index in [1.807, 2.05) is 52.0 Å². The maximum absolute atomic E-state index is 13.9. The number of aliphatic hydroxyl groups excluding tert-OH is 1. The smallest absolute Gasteiger partial charge is 0.408 e. The van der Waals surface area contributed by atoms with E-state index in [-0.39, 0.29) is 102 Å². The molecule has 3 aromatic rings. The molecule has 1 aliphatic rings. The van der Waals surface area contributed by atoms with Crippen LogP contribution in [0.3, 0.4) is 0 Å². The molecular formula is C44H62Cl3N9O11S. The van der Waals surface area contributed by atoms with Gasteiger partial charge in [-0.1, -0.05) is 79.8 Å². The first-order chi connectivity index (χ1) is 32.4. The van der Waals surface area contributed by atoms with Crippen molar-refractivity contribution >= 4 is 81.8 Å². The standard InChI is InChI=1S/C44H62Cl3N9O11S/c1-29-36(68-28-52-29)31-9-7-30(8-10-31)26-51-38(60)33-25-32(57)27-56(33)39(61)37(43(2,3)4)53-35(59)12-18-64-20-22-66-24-23-65-21-19-63-17-11-34(58)48-15-6-16-67-42(62)55-40(44(45,46)47)54-41-49-13-5-14-50-41/h5,7-10,13-14,28,32-33,37,40,57H,6,11-12,15-27H2,1-4H3,(H,48,58)(H,51,60)(H,53,59)(H,55,62)(H,49,50,54). The summed E-state index contributed by atoms with van der Waals surface area (Å²) >= 11 is 19.4. The highest BCUT2D eigenvalue weighted by atomic mass is 35.6. The highest BCUT2D eigenvalue weighted by Gasteiger charge is 2.44. The van der Waals surface area contributed by atoms with E-state index in [9.17, 15) is 29.1 Å². The largest absolute Gasteiger partial charge is 0.449 e. The number of nitrogens with zero attached hydrogens (tertiary/aromatic N) is 4. The van der Waals surface area contributed by atoms with Gasteiger partial charge >= 0.3 is 6.09 Å². The number of aryl methyl sites for hydroxylation is 1. The van der Waals surface area contributed by atoms with Gasteiger partial charge in [0.1, 0.15) is 12.1 Å². The lowest BCUT2D eigenvalue weighted by Crippen LogP contribution is -2.57. The predicted octanol–water partition coefficient (Wildman–Crippen LogP) is 3.90. The van der Waals surface area contributed by atoms with E-state index in [2.05, 4.69) is 41.5 Å². The molecule has 4 unspecified atom stereocenters. The van der Waals surface area contributed by atoms with Crippen LogP contribution in [0.25, 0.3) is 10.4 Å². The van der Waals surface area contributed by atoms with Crippen molar-refractivity contribution in [1.29, 1.82) is 0 Å². The topological polar surface area (TPSA) is 254 Å². The number of amides is 5. The van der Waals surface area contributed by atoms with Crippen LogP contribution < -0.4 is 26.6 Å². The molecule has 1 saturated heterocycles. The Labute approximate surface area is 415 Å². The molecule has 4 rings (SSSR count). The third-order valence-corrected chi connectivity index (χ3v) is 11.7. The first kappa shape index (κ1) is 56.1. The van der Waals surface area contributed by atoms with Crippen molar-refractivity contribution in [2.45, 2.75) is 88.1 Å². The van der Waals surface area contributed by atoms with Crippen LogP contribution in [0, 0.1) is 12.3 Å². The summed E-state index contributed by atoms with van der Waals surface area (Å²) in [6, 6.07) is 7.59. The fourth-order valence-electron chi connectivity index (χ4n) is 6.52. The van der Waals surface area contributed by atoms with Gasteiger partial charge in [-0.25, -0.2) is 19.7 Å². The fourth-order valence-corrected chi connectivity index (χ4v) is 7.66. The van der Waals surface area contributed by atoms with Crippen LogP contribution in [0.1, 0.15) is 57.7 Å². The van der Waals surface area contributed by atoms with Crippen molar-refractivity contribution in [3.63, 3.8) is 0 Å². The van der Waals surface area contributed by atoms with E-state index in [1.54, 1.807) is 22.9 Å². The molecule has 24 heteroatoms. The third-order valence-electron chi connectivity index (χ3n) is 10.1. The molecule has 1 aromatic carbocycles. The Kier molecular flexibility index (Phi) is 23.9. The lowest BCUT2D eigenvalue weighted by Gasteiger charge is -2.35. The Hall–Kier alpha value is -4.45. The number of aromatic nitrogens is 3. The summed E-state index contributed by atoms with van der Waals surface area (Å²) in [6.07, 6.45) is 0.627. The number of nitrogens with one attached hydrogen (secondary N) is 5. The Morgan fingerprint density at radius 3 is 2.00 bits per heavy atom. The van der Waals surface area contributed by atoms with Crippen molar-refractivity contribution in [3.8, 4) is 10.4 Å². The number of hydrogen-bond acceptors (Lipinski definition) is 16. The Morgan fingerprint density at radius 2 is 1.43 bits per heavy atom. The van der Waals surface area contributed by atoms with E-state index < -0.39 is 45.6 Å². The molecule has 1 fully saturated rings. The molecule has 2 aromatic heterocycles. The number of halogens is 3. The van der Waals surface area contributed by atoms with Gasteiger partial charge in [0.25, 0.3) is 0 Å². The van der Waals surface area contributed by atoms with E-state index in [0.717, 1.165) is 21.7 Å². The SMILES string of the molecule is Cc1ncsc1-c1ccc(CNC(=O)C2CC(O)CN2C(=O)C(NC(=O)CCOCCOCCOCCOCCC(=O)NCCCOC(=O)NC(Nc2ncccn2)C(Cl)(Cl)Cl)C(C)(C)C)cc1. The molecule has 1 aliphatic heterocycles. The first-order valence-electron chi connectivity index (χ1n) is 22.1. The second-order valence-electron chi connectivity index (χ2n) is 16.6. The number of ether oxygens (including phenoxy) is 5. The number of thiazole rings is 1. The average molecular weight is 1030 g/mol. The van der Waals surface area contributed by atoms with Gasteiger partial charge in [-0.05, 0) is 36.0 Å². The minimum Gasteiger partial charge on any atom is -0.449 e. The van der Waals surface area contributed by atoms with Crippen LogP contribution in [0.2, 0.25) is 0 Å². The van der Waals surface area contributed by atoms with Crippen molar-refractivity contribution in [3.05, 3.63) is 59.5 Å². The average Bonchev–Trinajstić information content (AvgIpc) is 3.91. The molecule has 68 heavy (non-hydrogen) atoms. The molecule has 3 heterocycles. The Balaban J connectivity index is 0.987. The van der Waals surface area contributed by atoms with Crippen molar-refractivity contribution < 1.29 is 52.8 Å². The number of hydrogen-bond donors (Lipinski definition) is 6. The summed E-state index contributed by atoms with van der Waals surface area (Å²) in [5, 5.41) is 24.1. The molecular weight excluding hydrogens is 969 g/mol. The number of benzene rings is 1. The van der Waals surface area contributed by atoms with Gasteiger partial charge in [-0.15, -0.1) is 11.3 Å². The zero-order chi connectivity index (χ0) is 49.5. The summed E-state index contributed by atoms with van der Waals surface area (Å²) in [5.74, 6) is -1.30. The van der Waals surface area contributed by atoms with Crippen LogP contribution in [-0.2, 0) is 49.4 Å². The van der Waals surface area contributed by atoms with Gasteiger partial charge in [0.2, 0.25) is 33.4 Å². The maximum atomic E-state index is 13.9. The predicted molar refractivity (Wildman–Crippen MR) is 256 cm³/mol. The monoisotopic (exact) mass is 1030 g/mol. The number of alkyl carbamates (subject to hydrolysis) is 1. The van der Waals surface area contributed by atoms with Crippen LogP contribution in [0.15, 0.2) is 48.2 Å². The van der Waals surface area contributed by atoms with Gasteiger partial charge in [0.05, 0.1) is 81.6 Å². The summed E-state index contributed by atoms with van der Waals surface area (Å²) in [5.41, 5.74) is 3.99. The van der Waals surface area contributed by atoms with Gasteiger partial charge in [0, 0.05) is 51.3 Å². The minimum atomic E-state index is -1.93. The molecule has 0 aliphatic carbocycles. The van der Waals surface area contributed by atoms with Gasteiger partial charge in [0.15, 0.2) is 6.17 Å². The Morgan fingerprint density at radius 1 is 0.824 bits per heavy atom. The van der Waals surface area contributed by atoms with Gasteiger partial charge in [-0.3, -0.25) is 24.5 Å². The Bertz CT molecular complexity index is 2030. The van der Waals surface area contributed by atoms with Crippen LogP contribution in [0.4, 0.5) is 10.7 Å². The molecule has 20 nitrogen and oxygen atoms in total. The first-order valence-corrected chi connectivity index (χ1v) is 24.1. The van der Waals surface area contributed by atoms with E-state index in [0.29, 0.717) is 26.2 Å². The number of anilines is 1. The quantitative estimate of drug-likeness (QED) is 0.0343. The molecule has 0 spiro atoms. The summed E-state index contributed by atoms with van der Waals surface area (Å²) < 4.78 is 25.2. The van der Waals surface area contributed by atoms with Crippen LogP contribution in [-0.4, -0.2) is 155 Å². The molecule has 6 N–H and O–H groups in total. The van der Waals surface area contributed by atoms with E-state index in [1.165, 1.54) is 17.3 Å². The molecule has 0 radical (unpaired) electrons. The number of rotatable bonds is 28. The van der Waals surface area contributed by atoms with E-state index in [4.69, 9.17) is 58.5 Å². The summed E-state index contributed by atoms with van der Waals surface area (Å²) in [4.78, 5) is 79.2. The second kappa shape index (κ2) is 28.9. The molecule has 0 bridgehead atoms. The van der Waals surface area contributed by atoms with Crippen LogP contribution >= 0.6 is 46.1 Å². The number of β-amino-alcohol motifs (C(OH)–C–C–N with tert-alkyl or cyclic N) is 1. The number of aliphatic hydroxyl groups is 1. The van der Waals surface area contributed by atoms with Crippen molar-refractivity contribution in [2.24, 2.45) is 5.41 Å². The second-order valence-corrected chi connectivity index (χ2v) is 19.8. The lowest BCUT2D eigenvalue weighted by molar-refractivity contribution is -0.144. The summed E-state index contributed by atoms with van der Waals surface area (Å²) in [6.45, 7) is 9.95. The highest BCUT2D eigenvalue weighted by Crippen LogP contribution is 2.31. The third kappa shape index (κ3) is 20.3. The van der Waals surface area contributed by atoms with Crippen LogP contribution in [0.5, 0.6) is 0 Å². The van der Waals surface area contributed by atoms with E-state index >= 15 is 0 Å². The summed E-state index contributed by atoms with van der Waals surface area (Å²) in [7, 11) is 0. The molecule has 0 saturated carbocycles. The number of carbonyl (C=O) groups excluding carboxylic acids is 5. The van der Waals surface area contributed by atoms with Gasteiger partial charge in [-0.2, -0.15) is 0 Å². The van der Waals surface area contributed by atoms with Crippen molar-refractivity contribution in [2.75, 3.05) is 77.9 Å². The zero-order valence-electron chi connectivity index (χ0n) is 38.6. The lowest BCUT2D eigenvalue weighted by atomic mass is 9.85. The normalized spacial score (nSPS) is 15.9. The maximum Gasteiger partial charge on any atom is 0.408 e. The minimum absolute atomic E-state index is 0.000905. The number of alkyl halides is 3. The fraction of sp³-hybridized carbons (Fsp3) is 0.591. The number of carbonyl (C=O) groups is 5. The van der Waals surface area contributed by atoms with Crippen molar-refractivity contribution in [1.82, 2.24) is 41.1 Å². The molecule has 4 atom stereocenters. The molecule has 376 valence electrons. The number of likely N-dealkylation sites (tertiary alicyclic amines) is 1. The highest BCUT2D eigenvalue weighted by molar-refractivity contribution is 7.13.